The third-order valence-corrected chi connectivity index (χ3v) is 2.83. The largest absolute Gasteiger partial charge is 0.378 e. The van der Waals surface area contributed by atoms with Crippen molar-refractivity contribution in [3.8, 4) is 0 Å². The van der Waals surface area contributed by atoms with E-state index in [2.05, 4.69) is 15.3 Å². The zero-order valence-corrected chi connectivity index (χ0v) is 9.45. The first-order valence-corrected chi connectivity index (χ1v) is 5.59. The molecule has 1 aliphatic heterocycles. The molecule has 0 aliphatic carbocycles. The molecule has 5 nitrogen and oxygen atoms in total. The van der Waals surface area contributed by atoms with Gasteiger partial charge in [-0.15, -0.1) is 0 Å². The predicted molar refractivity (Wildman–Crippen MR) is 60.4 cm³/mol. The third kappa shape index (κ3) is 2.68. The van der Waals surface area contributed by atoms with Crippen LogP contribution in [0.15, 0.2) is 10.9 Å². The van der Waals surface area contributed by atoms with E-state index >= 15 is 0 Å². The second-order valence-electron chi connectivity index (χ2n) is 4.08. The first-order chi connectivity index (χ1) is 7.79. The van der Waals surface area contributed by atoms with Gasteiger partial charge in [-0.2, -0.15) is 0 Å². The molecular weight excluding hydrogens is 206 g/mol. The molecule has 16 heavy (non-hydrogen) atoms. The Morgan fingerprint density at radius 2 is 2.25 bits per heavy atom. The van der Waals surface area contributed by atoms with Crippen LogP contribution >= 0.6 is 0 Å². The van der Waals surface area contributed by atoms with Crippen LogP contribution in [-0.2, 0) is 11.3 Å². The van der Waals surface area contributed by atoms with E-state index in [1.807, 2.05) is 0 Å². The quantitative estimate of drug-likeness (QED) is 0.777. The van der Waals surface area contributed by atoms with E-state index in [1.54, 1.807) is 7.11 Å². The Kier molecular flexibility index (Phi) is 3.69. The van der Waals surface area contributed by atoms with Crippen LogP contribution in [0.1, 0.15) is 30.3 Å². The van der Waals surface area contributed by atoms with E-state index in [0.29, 0.717) is 18.2 Å². The Bertz CT molecular complexity index is 396. The summed E-state index contributed by atoms with van der Waals surface area (Å²) in [7, 11) is 1.60. The molecule has 2 N–H and O–H groups in total. The minimum atomic E-state index is -0.0874. The number of nitrogens with zero attached hydrogens (tertiary/aromatic N) is 1. The topological polar surface area (TPSA) is 67.0 Å². The number of methoxy groups -OCH3 is 1. The molecule has 88 valence electrons. The van der Waals surface area contributed by atoms with Gasteiger partial charge in [-0.05, 0) is 25.9 Å². The van der Waals surface area contributed by atoms with Crippen molar-refractivity contribution in [2.24, 2.45) is 0 Å². The van der Waals surface area contributed by atoms with E-state index in [4.69, 9.17) is 4.74 Å². The smallest absolute Gasteiger partial charge is 0.251 e. The zero-order chi connectivity index (χ0) is 11.4. The number of piperidine rings is 1. The van der Waals surface area contributed by atoms with E-state index in [9.17, 15) is 4.79 Å². The van der Waals surface area contributed by atoms with E-state index in [0.717, 1.165) is 31.8 Å². The molecule has 1 aromatic heterocycles. The molecule has 0 spiro atoms. The second kappa shape index (κ2) is 5.23. The van der Waals surface area contributed by atoms with Gasteiger partial charge in [0.1, 0.15) is 5.82 Å². The molecular formula is C11H17N3O2. The van der Waals surface area contributed by atoms with Crippen LogP contribution in [0.2, 0.25) is 0 Å². The number of aromatic nitrogens is 2. The second-order valence-corrected chi connectivity index (χ2v) is 4.08. The van der Waals surface area contributed by atoms with Gasteiger partial charge < -0.3 is 15.0 Å². The summed E-state index contributed by atoms with van der Waals surface area (Å²) >= 11 is 0. The first-order valence-electron chi connectivity index (χ1n) is 5.59. The lowest BCUT2D eigenvalue weighted by Gasteiger charge is -2.21. The van der Waals surface area contributed by atoms with Crippen molar-refractivity contribution in [3.05, 3.63) is 27.9 Å². The number of hydrogen-bond acceptors (Lipinski definition) is 4. The number of hydrogen-bond donors (Lipinski definition) is 2. The van der Waals surface area contributed by atoms with Crippen molar-refractivity contribution in [2.45, 2.75) is 25.4 Å². The summed E-state index contributed by atoms with van der Waals surface area (Å²) in [5.41, 5.74) is 0.621. The first kappa shape index (κ1) is 11.3. The summed E-state index contributed by atoms with van der Waals surface area (Å²) in [4.78, 5) is 18.7. The summed E-state index contributed by atoms with van der Waals surface area (Å²) in [5.74, 6) is 1.17. The molecule has 5 heteroatoms. The molecule has 1 saturated heterocycles. The Balaban J connectivity index is 2.21. The van der Waals surface area contributed by atoms with Gasteiger partial charge in [0, 0.05) is 19.1 Å². The number of ether oxygens (including phenoxy) is 1. The van der Waals surface area contributed by atoms with Crippen molar-refractivity contribution < 1.29 is 4.74 Å². The monoisotopic (exact) mass is 223 g/mol. The fourth-order valence-electron chi connectivity index (χ4n) is 2.04. The Morgan fingerprint density at radius 1 is 1.50 bits per heavy atom. The van der Waals surface area contributed by atoms with Crippen LogP contribution in [0, 0.1) is 0 Å². The van der Waals surface area contributed by atoms with E-state index in [1.165, 1.54) is 6.07 Å². The zero-order valence-electron chi connectivity index (χ0n) is 9.45. The van der Waals surface area contributed by atoms with Crippen LogP contribution < -0.4 is 10.9 Å². The van der Waals surface area contributed by atoms with Crippen LogP contribution in [0.5, 0.6) is 0 Å². The standard InChI is InChI=1S/C11H17N3O2/c1-16-7-9-6-10(15)14-11(13-9)8-2-4-12-5-3-8/h6,8,12H,2-5,7H2,1H3,(H,13,14,15). The summed E-state index contributed by atoms with van der Waals surface area (Å²) in [5, 5.41) is 3.29. The Labute approximate surface area is 94.2 Å². The molecule has 1 aromatic rings. The minimum Gasteiger partial charge on any atom is -0.378 e. The highest BCUT2D eigenvalue weighted by atomic mass is 16.5. The minimum absolute atomic E-state index is 0.0874. The van der Waals surface area contributed by atoms with Crippen molar-refractivity contribution >= 4 is 0 Å². The maximum Gasteiger partial charge on any atom is 0.251 e. The predicted octanol–water partition coefficient (Wildman–Crippen LogP) is 0.383. The maximum atomic E-state index is 11.5. The Morgan fingerprint density at radius 3 is 2.94 bits per heavy atom. The summed E-state index contributed by atoms with van der Waals surface area (Å²) in [6.45, 7) is 2.37. The van der Waals surface area contributed by atoms with Gasteiger partial charge in [-0.3, -0.25) is 4.79 Å². The molecule has 0 unspecified atom stereocenters. The maximum absolute atomic E-state index is 11.5. The average Bonchev–Trinajstić information content (AvgIpc) is 2.30. The highest BCUT2D eigenvalue weighted by Crippen LogP contribution is 2.20. The van der Waals surface area contributed by atoms with Gasteiger partial charge in [0.15, 0.2) is 0 Å². The molecule has 2 heterocycles. The van der Waals surface area contributed by atoms with Gasteiger partial charge in [-0.1, -0.05) is 0 Å². The van der Waals surface area contributed by atoms with Crippen LogP contribution in [0.4, 0.5) is 0 Å². The van der Waals surface area contributed by atoms with E-state index < -0.39 is 0 Å². The van der Waals surface area contributed by atoms with Crippen molar-refractivity contribution in [3.63, 3.8) is 0 Å². The SMILES string of the molecule is COCc1cc(=O)[nH]c(C2CCNCC2)n1. The van der Waals surface area contributed by atoms with Gasteiger partial charge in [0.2, 0.25) is 0 Å². The molecule has 0 bridgehead atoms. The lowest BCUT2D eigenvalue weighted by molar-refractivity contribution is 0.181. The lowest BCUT2D eigenvalue weighted by atomic mass is 9.97. The third-order valence-electron chi connectivity index (χ3n) is 2.83. The number of rotatable bonds is 3. The Hall–Kier alpha value is -1.20. The summed E-state index contributed by atoms with van der Waals surface area (Å²) in [6, 6.07) is 1.49. The normalized spacial score (nSPS) is 17.6. The van der Waals surface area contributed by atoms with Crippen LogP contribution in [0.25, 0.3) is 0 Å². The van der Waals surface area contributed by atoms with Gasteiger partial charge in [0.25, 0.3) is 5.56 Å². The average molecular weight is 223 g/mol. The molecule has 1 aliphatic rings. The molecule has 2 rings (SSSR count). The van der Waals surface area contributed by atoms with Crippen LogP contribution in [0.3, 0.4) is 0 Å². The molecule has 0 saturated carbocycles. The van der Waals surface area contributed by atoms with Crippen molar-refractivity contribution in [1.82, 2.24) is 15.3 Å². The molecule has 0 amide bonds. The van der Waals surface area contributed by atoms with Gasteiger partial charge in [-0.25, -0.2) is 4.98 Å². The molecule has 0 atom stereocenters. The molecule has 0 radical (unpaired) electrons. The number of nitrogens with one attached hydrogen (secondary N) is 2. The molecule has 0 aromatic carbocycles. The van der Waals surface area contributed by atoms with Crippen molar-refractivity contribution in [2.75, 3.05) is 20.2 Å². The summed E-state index contributed by atoms with van der Waals surface area (Å²) in [6.07, 6.45) is 2.05. The van der Waals surface area contributed by atoms with Crippen LogP contribution in [-0.4, -0.2) is 30.2 Å². The lowest BCUT2D eigenvalue weighted by Crippen LogP contribution is -2.28. The number of aromatic amines is 1. The fourth-order valence-corrected chi connectivity index (χ4v) is 2.04. The molecule has 1 fully saturated rings. The van der Waals surface area contributed by atoms with Gasteiger partial charge in [0.05, 0.1) is 12.3 Å². The number of H-pyrrole nitrogens is 1. The van der Waals surface area contributed by atoms with Gasteiger partial charge >= 0.3 is 0 Å². The van der Waals surface area contributed by atoms with Crippen molar-refractivity contribution in [1.29, 1.82) is 0 Å². The van der Waals surface area contributed by atoms with E-state index in [-0.39, 0.29) is 5.56 Å². The fraction of sp³-hybridized carbons (Fsp3) is 0.636. The highest BCUT2D eigenvalue weighted by molar-refractivity contribution is 5.06. The summed E-state index contributed by atoms with van der Waals surface area (Å²) < 4.78 is 5.00. The highest BCUT2D eigenvalue weighted by Gasteiger charge is 2.17.